The van der Waals surface area contributed by atoms with Gasteiger partial charge in [-0.3, -0.25) is 0 Å². The summed E-state index contributed by atoms with van der Waals surface area (Å²) in [7, 11) is 0. The van der Waals surface area contributed by atoms with Gasteiger partial charge < -0.3 is 20.1 Å². The zero-order chi connectivity index (χ0) is 19.0. The summed E-state index contributed by atoms with van der Waals surface area (Å²) in [6.07, 6.45) is 1.43. The number of phenolic OH excluding ortho intramolecular Hbond substituents is 1. The molecule has 0 bridgehead atoms. The van der Waals surface area contributed by atoms with Gasteiger partial charge in [0.1, 0.15) is 11.4 Å². The van der Waals surface area contributed by atoms with Gasteiger partial charge in [-0.25, -0.2) is 4.79 Å². The van der Waals surface area contributed by atoms with Crippen LogP contribution in [0.15, 0.2) is 22.7 Å². The molecule has 1 aromatic carbocycles. The minimum absolute atomic E-state index is 0.0274. The van der Waals surface area contributed by atoms with Crippen LogP contribution in [0.25, 0.3) is 0 Å². The molecule has 5 nitrogen and oxygen atoms in total. The number of nitrogens with zero attached hydrogens (tertiary/aromatic N) is 1. The van der Waals surface area contributed by atoms with Crippen LogP contribution in [0.5, 0.6) is 5.75 Å². The number of aromatic hydroxyl groups is 1. The van der Waals surface area contributed by atoms with Crippen LogP contribution in [0.4, 0.5) is 4.79 Å². The second kappa shape index (κ2) is 10.0. The third-order valence-corrected chi connectivity index (χ3v) is 4.18. The van der Waals surface area contributed by atoms with Crippen molar-refractivity contribution in [2.24, 2.45) is 0 Å². The van der Waals surface area contributed by atoms with Crippen molar-refractivity contribution in [3.8, 4) is 5.75 Å². The van der Waals surface area contributed by atoms with Crippen molar-refractivity contribution in [2.45, 2.75) is 59.1 Å². The zero-order valence-electron chi connectivity index (χ0n) is 15.9. The second-order valence-electron chi connectivity index (χ2n) is 7.09. The predicted octanol–water partition coefficient (Wildman–Crippen LogP) is 4.84. The molecule has 0 spiro atoms. The Balaban J connectivity index is 2.66. The highest BCUT2D eigenvalue weighted by Crippen LogP contribution is 2.29. The molecule has 6 heteroatoms. The van der Waals surface area contributed by atoms with Crippen molar-refractivity contribution in [2.75, 3.05) is 19.6 Å². The first kappa shape index (κ1) is 21.8. The zero-order valence-corrected chi connectivity index (χ0v) is 17.5. The molecule has 0 fully saturated rings. The van der Waals surface area contributed by atoms with Gasteiger partial charge in [-0.2, -0.15) is 0 Å². The Labute approximate surface area is 159 Å². The summed E-state index contributed by atoms with van der Waals surface area (Å²) in [4.78, 5) is 14.0. The van der Waals surface area contributed by atoms with Crippen LogP contribution in [-0.2, 0) is 4.74 Å². The van der Waals surface area contributed by atoms with Crippen LogP contribution in [0, 0.1) is 0 Å². The average Bonchev–Trinajstić information content (AvgIpc) is 2.51. The topological polar surface area (TPSA) is 61.8 Å². The van der Waals surface area contributed by atoms with Crippen LogP contribution < -0.4 is 5.32 Å². The second-order valence-corrected chi connectivity index (χ2v) is 8.00. The molecule has 142 valence electrons. The van der Waals surface area contributed by atoms with Crippen LogP contribution >= 0.6 is 15.9 Å². The maximum absolute atomic E-state index is 12.3. The summed E-state index contributed by atoms with van der Waals surface area (Å²) in [5.74, 6) is 0.278. The number of hydrogen-bond donors (Lipinski definition) is 2. The van der Waals surface area contributed by atoms with Gasteiger partial charge in [0.2, 0.25) is 0 Å². The molecule has 0 heterocycles. The van der Waals surface area contributed by atoms with Gasteiger partial charge in [-0.05, 0) is 51.8 Å². The number of phenols is 1. The number of halogens is 1. The molecule has 0 aliphatic rings. The van der Waals surface area contributed by atoms with Crippen molar-refractivity contribution in [3.05, 3.63) is 28.2 Å². The van der Waals surface area contributed by atoms with Crippen molar-refractivity contribution in [1.29, 1.82) is 0 Å². The Kier molecular flexibility index (Phi) is 8.73. The van der Waals surface area contributed by atoms with Gasteiger partial charge >= 0.3 is 6.09 Å². The number of rotatable bonds is 8. The molecular weight excluding hydrogens is 384 g/mol. The number of benzene rings is 1. The molecule has 1 aromatic rings. The lowest BCUT2D eigenvalue weighted by atomic mass is 10.0. The standard InChI is InChI=1S/C19H31BrN2O3/c1-6-11-22(18(24)25-19(3,4)5)12-10-21-16(7-2)15-13-14(20)8-9-17(15)23/h8-9,13,16,21,23H,6-7,10-12H2,1-5H3. The maximum Gasteiger partial charge on any atom is 0.410 e. The van der Waals surface area contributed by atoms with Crippen LogP contribution in [0.2, 0.25) is 0 Å². The Morgan fingerprint density at radius 3 is 2.56 bits per heavy atom. The summed E-state index contributed by atoms with van der Waals surface area (Å²) in [5.41, 5.74) is 0.362. The van der Waals surface area contributed by atoms with E-state index in [0.29, 0.717) is 19.6 Å². The van der Waals surface area contributed by atoms with Crippen LogP contribution in [-0.4, -0.2) is 41.3 Å². The Hall–Kier alpha value is -1.27. The molecule has 0 aliphatic heterocycles. The number of carbonyl (C=O) groups is 1. The number of amides is 1. The molecule has 1 atom stereocenters. The number of hydrogen-bond acceptors (Lipinski definition) is 4. The monoisotopic (exact) mass is 414 g/mol. The third-order valence-electron chi connectivity index (χ3n) is 3.69. The van der Waals surface area contributed by atoms with E-state index in [1.165, 1.54) is 0 Å². The lowest BCUT2D eigenvalue weighted by Gasteiger charge is -2.28. The van der Waals surface area contributed by atoms with Crippen molar-refractivity contribution >= 4 is 22.0 Å². The summed E-state index contributed by atoms with van der Waals surface area (Å²) in [6, 6.07) is 5.46. The molecule has 1 rings (SSSR count). The molecule has 1 unspecified atom stereocenters. The maximum atomic E-state index is 12.3. The molecule has 2 N–H and O–H groups in total. The van der Waals surface area contributed by atoms with E-state index in [-0.39, 0.29) is 17.9 Å². The fourth-order valence-corrected chi connectivity index (χ4v) is 2.92. The summed E-state index contributed by atoms with van der Waals surface area (Å²) in [5, 5.41) is 13.5. The minimum atomic E-state index is -0.495. The fourth-order valence-electron chi connectivity index (χ4n) is 2.54. The van der Waals surface area contributed by atoms with Gasteiger partial charge in [0, 0.05) is 35.7 Å². The molecule has 0 aliphatic carbocycles. The number of nitrogens with one attached hydrogen (secondary N) is 1. The highest BCUT2D eigenvalue weighted by Gasteiger charge is 2.22. The minimum Gasteiger partial charge on any atom is -0.508 e. The molecular formula is C19H31BrN2O3. The highest BCUT2D eigenvalue weighted by molar-refractivity contribution is 9.10. The molecule has 25 heavy (non-hydrogen) atoms. The first-order chi connectivity index (χ1) is 11.7. The van der Waals surface area contributed by atoms with E-state index < -0.39 is 5.60 Å². The number of ether oxygens (including phenoxy) is 1. The highest BCUT2D eigenvalue weighted by atomic mass is 79.9. The summed E-state index contributed by atoms with van der Waals surface area (Å²) < 4.78 is 6.40. The van der Waals surface area contributed by atoms with E-state index >= 15 is 0 Å². The lowest BCUT2D eigenvalue weighted by molar-refractivity contribution is 0.0250. The van der Waals surface area contributed by atoms with Crippen molar-refractivity contribution < 1.29 is 14.6 Å². The van der Waals surface area contributed by atoms with E-state index in [4.69, 9.17) is 4.74 Å². The number of carbonyl (C=O) groups excluding carboxylic acids is 1. The molecule has 1 amide bonds. The van der Waals surface area contributed by atoms with E-state index in [1.807, 2.05) is 39.8 Å². The smallest absolute Gasteiger partial charge is 0.410 e. The molecule has 0 aromatic heterocycles. The summed E-state index contributed by atoms with van der Waals surface area (Å²) in [6.45, 7) is 11.6. The van der Waals surface area contributed by atoms with Gasteiger partial charge in [-0.1, -0.05) is 29.8 Å². The van der Waals surface area contributed by atoms with Crippen LogP contribution in [0.1, 0.15) is 59.1 Å². The third kappa shape index (κ3) is 7.65. The van der Waals surface area contributed by atoms with E-state index in [1.54, 1.807) is 11.0 Å². The molecule has 0 radical (unpaired) electrons. The van der Waals surface area contributed by atoms with E-state index in [0.717, 1.165) is 22.9 Å². The van der Waals surface area contributed by atoms with Gasteiger partial charge in [0.15, 0.2) is 0 Å². The largest absolute Gasteiger partial charge is 0.508 e. The lowest BCUT2D eigenvalue weighted by Crippen LogP contribution is -2.41. The quantitative estimate of drug-likeness (QED) is 0.638. The SMILES string of the molecule is CCCN(CCNC(CC)c1cc(Br)ccc1O)C(=O)OC(C)(C)C. The van der Waals surface area contributed by atoms with Gasteiger partial charge in [0.05, 0.1) is 0 Å². The Bertz CT molecular complexity index is 558. The summed E-state index contributed by atoms with van der Waals surface area (Å²) >= 11 is 3.44. The van der Waals surface area contributed by atoms with Crippen molar-refractivity contribution in [3.63, 3.8) is 0 Å². The average molecular weight is 415 g/mol. The Morgan fingerprint density at radius 1 is 1.32 bits per heavy atom. The molecule has 0 saturated carbocycles. The van der Waals surface area contributed by atoms with Crippen LogP contribution in [0.3, 0.4) is 0 Å². The van der Waals surface area contributed by atoms with Crippen molar-refractivity contribution in [1.82, 2.24) is 10.2 Å². The van der Waals surface area contributed by atoms with Gasteiger partial charge in [-0.15, -0.1) is 0 Å². The molecule has 0 saturated heterocycles. The first-order valence-corrected chi connectivity index (χ1v) is 9.67. The van der Waals surface area contributed by atoms with E-state index in [9.17, 15) is 9.90 Å². The predicted molar refractivity (Wildman–Crippen MR) is 105 cm³/mol. The fraction of sp³-hybridized carbons (Fsp3) is 0.632. The normalized spacial score (nSPS) is 12.7. The van der Waals surface area contributed by atoms with Gasteiger partial charge in [0.25, 0.3) is 0 Å². The first-order valence-electron chi connectivity index (χ1n) is 8.87. The van der Waals surface area contributed by atoms with E-state index in [2.05, 4.69) is 28.2 Å². The Morgan fingerprint density at radius 2 is 2.00 bits per heavy atom.